The van der Waals surface area contributed by atoms with Gasteiger partial charge in [-0.15, -0.1) is 0 Å². The maximum Gasteiger partial charge on any atom is 0.407 e. The van der Waals surface area contributed by atoms with Crippen molar-refractivity contribution in [2.24, 2.45) is 5.92 Å². The van der Waals surface area contributed by atoms with Gasteiger partial charge in [0.1, 0.15) is 12.6 Å². The number of ether oxygens (including phenoxy) is 1. The van der Waals surface area contributed by atoms with Gasteiger partial charge in [-0.2, -0.15) is 0 Å². The predicted octanol–water partition coefficient (Wildman–Crippen LogP) is 1.28. The summed E-state index contributed by atoms with van der Waals surface area (Å²) in [5.41, 5.74) is 0.826. The Bertz CT molecular complexity index is 593. The van der Waals surface area contributed by atoms with E-state index in [1.165, 1.54) is 0 Å². The van der Waals surface area contributed by atoms with E-state index in [1.807, 2.05) is 37.3 Å². The van der Waals surface area contributed by atoms with Gasteiger partial charge in [0.25, 0.3) is 0 Å². The van der Waals surface area contributed by atoms with Gasteiger partial charge in [0.15, 0.2) is 0 Å². The molecule has 2 amide bonds. The molecule has 0 bridgehead atoms. The molecule has 4 N–H and O–H groups in total. The van der Waals surface area contributed by atoms with Crippen LogP contribution in [0.5, 0.6) is 0 Å². The molecule has 0 aliphatic rings. The molecule has 0 unspecified atom stereocenters. The van der Waals surface area contributed by atoms with Gasteiger partial charge in [-0.05, 0) is 11.5 Å². The molecule has 3 atom stereocenters. The van der Waals surface area contributed by atoms with E-state index in [9.17, 15) is 19.5 Å². The van der Waals surface area contributed by atoms with Crippen molar-refractivity contribution in [2.75, 3.05) is 6.54 Å². The first-order valence-corrected chi connectivity index (χ1v) is 8.48. The fraction of sp³-hybridized carbons (Fsp3) is 0.500. The van der Waals surface area contributed by atoms with Gasteiger partial charge in [-0.25, -0.2) is 9.59 Å². The van der Waals surface area contributed by atoms with E-state index in [0.717, 1.165) is 5.56 Å². The van der Waals surface area contributed by atoms with Crippen molar-refractivity contribution in [3.63, 3.8) is 0 Å². The zero-order valence-electron chi connectivity index (χ0n) is 15.0. The minimum absolute atomic E-state index is 0.0957. The molecule has 26 heavy (non-hydrogen) atoms. The van der Waals surface area contributed by atoms with E-state index in [4.69, 9.17) is 9.84 Å². The van der Waals surface area contributed by atoms with Crippen LogP contribution in [-0.4, -0.2) is 46.9 Å². The van der Waals surface area contributed by atoms with Crippen molar-refractivity contribution in [3.05, 3.63) is 35.9 Å². The molecule has 8 heteroatoms. The highest BCUT2D eigenvalue weighted by Gasteiger charge is 2.26. The first kappa shape index (κ1) is 21.4. The van der Waals surface area contributed by atoms with Crippen molar-refractivity contribution in [3.8, 4) is 0 Å². The minimum atomic E-state index is -1.15. The SMILES string of the molecule is CC[C@H](C)[C@H](NC(=O)C[C@H](O)CNC(=O)OCc1ccccc1)C(=O)O. The van der Waals surface area contributed by atoms with Gasteiger partial charge in [-0.1, -0.05) is 50.6 Å². The Balaban J connectivity index is 2.31. The Morgan fingerprint density at radius 2 is 1.85 bits per heavy atom. The monoisotopic (exact) mass is 366 g/mol. The van der Waals surface area contributed by atoms with Gasteiger partial charge >= 0.3 is 12.1 Å². The van der Waals surface area contributed by atoms with Crippen LogP contribution in [0.15, 0.2) is 30.3 Å². The quantitative estimate of drug-likeness (QED) is 0.494. The second-order valence-corrected chi connectivity index (χ2v) is 6.07. The molecule has 8 nitrogen and oxygen atoms in total. The van der Waals surface area contributed by atoms with Crippen LogP contribution < -0.4 is 10.6 Å². The Labute approximate surface area is 152 Å². The highest BCUT2D eigenvalue weighted by atomic mass is 16.5. The lowest BCUT2D eigenvalue weighted by molar-refractivity contribution is -0.143. The summed E-state index contributed by atoms with van der Waals surface area (Å²) >= 11 is 0. The first-order chi connectivity index (χ1) is 12.3. The molecule has 0 aliphatic heterocycles. The number of rotatable bonds is 10. The standard InChI is InChI=1S/C18H26N2O6/c1-3-12(2)16(17(23)24)20-15(22)9-14(21)10-19-18(25)26-11-13-7-5-4-6-8-13/h4-8,12,14,16,21H,3,9-11H2,1-2H3,(H,19,25)(H,20,22)(H,23,24)/t12-,14-,16-/m0/s1. The first-order valence-electron chi connectivity index (χ1n) is 8.48. The summed E-state index contributed by atoms with van der Waals surface area (Å²) in [6.07, 6.45) is -1.59. The maximum atomic E-state index is 11.9. The Morgan fingerprint density at radius 1 is 1.19 bits per heavy atom. The molecule has 0 fully saturated rings. The van der Waals surface area contributed by atoms with Crippen LogP contribution in [0.1, 0.15) is 32.3 Å². The molecule has 0 saturated heterocycles. The number of nitrogens with one attached hydrogen (secondary N) is 2. The van der Waals surface area contributed by atoms with Crippen molar-refractivity contribution >= 4 is 18.0 Å². The maximum absolute atomic E-state index is 11.9. The van der Waals surface area contributed by atoms with Crippen LogP contribution in [-0.2, 0) is 20.9 Å². The highest BCUT2D eigenvalue weighted by molar-refractivity contribution is 5.84. The van der Waals surface area contributed by atoms with Crippen LogP contribution in [0.25, 0.3) is 0 Å². The summed E-state index contributed by atoms with van der Waals surface area (Å²) in [6, 6.07) is 8.10. The molecule has 0 heterocycles. The molecule has 1 aromatic carbocycles. The summed E-state index contributed by atoms with van der Waals surface area (Å²) in [5, 5.41) is 23.7. The predicted molar refractivity (Wildman–Crippen MR) is 94.3 cm³/mol. The summed E-state index contributed by atoms with van der Waals surface area (Å²) in [7, 11) is 0. The zero-order valence-corrected chi connectivity index (χ0v) is 15.0. The van der Waals surface area contributed by atoms with Gasteiger partial charge in [0.05, 0.1) is 12.5 Å². The van der Waals surface area contributed by atoms with Gasteiger partial charge in [-0.3, -0.25) is 4.79 Å². The zero-order chi connectivity index (χ0) is 19.5. The lowest BCUT2D eigenvalue weighted by atomic mass is 9.99. The molecule has 0 radical (unpaired) electrons. The van der Waals surface area contributed by atoms with E-state index in [0.29, 0.717) is 6.42 Å². The van der Waals surface area contributed by atoms with Crippen molar-refractivity contribution in [1.82, 2.24) is 10.6 Å². The highest BCUT2D eigenvalue weighted by Crippen LogP contribution is 2.08. The number of carbonyl (C=O) groups is 3. The summed E-state index contributed by atoms with van der Waals surface area (Å²) in [4.78, 5) is 34.6. The van der Waals surface area contributed by atoms with Crippen LogP contribution in [0.4, 0.5) is 4.79 Å². The molecule has 144 valence electrons. The third-order valence-electron chi connectivity index (χ3n) is 3.91. The van der Waals surface area contributed by atoms with Crippen molar-refractivity contribution in [1.29, 1.82) is 0 Å². The Kier molecular flexibility index (Phi) is 9.14. The number of carboxylic acids is 1. The molecule has 1 rings (SSSR count). The number of carboxylic acid groups (broad SMARTS) is 1. The number of hydrogen-bond acceptors (Lipinski definition) is 5. The van der Waals surface area contributed by atoms with Crippen molar-refractivity contribution < 1.29 is 29.3 Å². The fourth-order valence-corrected chi connectivity index (χ4v) is 2.18. The number of benzene rings is 1. The van der Waals surface area contributed by atoms with Gasteiger partial charge in [0, 0.05) is 6.54 Å². The summed E-state index contributed by atoms with van der Waals surface area (Å²) in [5.74, 6) is -1.95. The summed E-state index contributed by atoms with van der Waals surface area (Å²) in [6.45, 7) is 3.47. The van der Waals surface area contributed by atoms with Crippen LogP contribution in [0.3, 0.4) is 0 Å². The lowest BCUT2D eigenvalue weighted by Gasteiger charge is -2.21. The van der Waals surface area contributed by atoms with Gasteiger partial charge in [0.2, 0.25) is 5.91 Å². The van der Waals surface area contributed by atoms with E-state index in [2.05, 4.69) is 10.6 Å². The average molecular weight is 366 g/mol. The molecule has 0 aliphatic carbocycles. The van der Waals surface area contributed by atoms with E-state index < -0.39 is 30.1 Å². The topological polar surface area (TPSA) is 125 Å². The smallest absolute Gasteiger partial charge is 0.407 e. The summed E-state index contributed by atoms with van der Waals surface area (Å²) < 4.78 is 4.99. The van der Waals surface area contributed by atoms with E-state index >= 15 is 0 Å². The fourth-order valence-electron chi connectivity index (χ4n) is 2.18. The molecule has 0 aromatic heterocycles. The number of aliphatic hydroxyl groups is 1. The molecule has 0 saturated carbocycles. The Hall–Kier alpha value is -2.61. The largest absolute Gasteiger partial charge is 0.480 e. The van der Waals surface area contributed by atoms with Crippen LogP contribution >= 0.6 is 0 Å². The number of aliphatic hydroxyl groups excluding tert-OH is 1. The molecular formula is C18H26N2O6. The molecular weight excluding hydrogens is 340 g/mol. The normalized spacial score (nSPS) is 14.0. The third-order valence-corrected chi connectivity index (χ3v) is 3.91. The molecule has 0 spiro atoms. The lowest BCUT2D eigenvalue weighted by Crippen LogP contribution is -2.46. The minimum Gasteiger partial charge on any atom is -0.480 e. The third kappa shape index (κ3) is 7.98. The molecule has 1 aromatic rings. The van der Waals surface area contributed by atoms with Crippen LogP contribution in [0, 0.1) is 5.92 Å². The second-order valence-electron chi connectivity index (χ2n) is 6.07. The number of amides is 2. The number of carbonyl (C=O) groups excluding carboxylic acids is 2. The van der Waals surface area contributed by atoms with E-state index in [1.54, 1.807) is 6.92 Å². The van der Waals surface area contributed by atoms with E-state index in [-0.39, 0.29) is 25.5 Å². The number of hydrogen-bond donors (Lipinski definition) is 4. The van der Waals surface area contributed by atoms with Gasteiger partial charge < -0.3 is 25.6 Å². The van der Waals surface area contributed by atoms with Crippen LogP contribution in [0.2, 0.25) is 0 Å². The Morgan fingerprint density at radius 3 is 2.42 bits per heavy atom. The number of aliphatic carboxylic acids is 1. The second kappa shape index (κ2) is 11.1. The number of alkyl carbamates (subject to hydrolysis) is 1. The average Bonchev–Trinajstić information content (AvgIpc) is 2.62. The van der Waals surface area contributed by atoms with Crippen molar-refractivity contribution in [2.45, 2.75) is 45.4 Å².